The number of halogens is 1. The molecule has 1 amide bonds. The summed E-state index contributed by atoms with van der Waals surface area (Å²) in [7, 11) is 0. The van der Waals surface area contributed by atoms with E-state index in [0.717, 1.165) is 23.7 Å². The first-order valence-electron chi connectivity index (χ1n) is 8.39. The topological polar surface area (TPSA) is 58.4 Å². The zero-order valence-corrected chi connectivity index (χ0v) is 14.6. The standard InChI is InChI=1S/C18H22ClN3O2/c1-2-16-17(21-12-24-16)18(23)20-11-15(22-9-3-4-10-22)13-5-7-14(19)8-6-13/h5-8,12,15H,2-4,9-11H2,1H3,(H,20,23)/t15-/m0/s1. The van der Waals surface area contributed by atoms with E-state index in [2.05, 4.69) is 15.2 Å². The molecule has 0 bridgehead atoms. The van der Waals surface area contributed by atoms with Crippen LogP contribution in [0, 0.1) is 0 Å². The van der Waals surface area contributed by atoms with Crippen molar-refractivity contribution in [3.8, 4) is 0 Å². The summed E-state index contributed by atoms with van der Waals surface area (Å²) in [6, 6.07) is 8.00. The van der Waals surface area contributed by atoms with E-state index in [9.17, 15) is 4.79 Å². The molecule has 0 saturated carbocycles. The molecule has 2 aromatic rings. The maximum absolute atomic E-state index is 12.4. The fourth-order valence-corrected chi connectivity index (χ4v) is 3.30. The Morgan fingerprint density at radius 2 is 2.04 bits per heavy atom. The van der Waals surface area contributed by atoms with Crippen LogP contribution in [-0.4, -0.2) is 35.4 Å². The number of carbonyl (C=O) groups excluding carboxylic acids is 1. The highest BCUT2D eigenvalue weighted by atomic mass is 35.5. The minimum absolute atomic E-state index is 0.144. The summed E-state index contributed by atoms with van der Waals surface area (Å²) in [5.74, 6) is 0.440. The van der Waals surface area contributed by atoms with E-state index < -0.39 is 0 Å². The minimum Gasteiger partial charge on any atom is -0.448 e. The molecule has 1 aromatic carbocycles. The third-order valence-corrected chi connectivity index (χ3v) is 4.72. The van der Waals surface area contributed by atoms with Gasteiger partial charge in [-0.2, -0.15) is 0 Å². The summed E-state index contributed by atoms with van der Waals surface area (Å²) in [4.78, 5) is 18.9. The quantitative estimate of drug-likeness (QED) is 0.869. The van der Waals surface area contributed by atoms with E-state index >= 15 is 0 Å². The number of nitrogens with zero attached hydrogens (tertiary/aromatic N) is 2. The number of rotatable bonds is 6. The molecule has 6 heteroatoms. The number of aromatic nitrogens is 1. The lowest BCUT2D eigenvalue weighted by Crippen LogP contribution is -2.37. The Morgan fingerprint density at radius 3 is 2.71 bits per heavy atom. The highest BCUT2D eigenvalue weighted by Crippen LogP contribution is 2.25. The number of aryl methyl sites for hydroxylation is 1. The molecule has 24 heavy (non-hydrogen) atoms. The minimum atomic E-state index is -0.182. The Kier molecular flexibility index (Phi) is 5.53. The zero-order chi connectivity index (χ0) is 16.9. The lowest BCUT2D eigenvalue weighted by Gasteiger charge is -2.28. The van der Waals surface area contributed by atoms with Gasteiger partial charge >= 0.3 is 0 Å². The van der Waals surface area contributed by atoms with Crippen molar-refractivity contribution in [2.24, 2.45) is 0 Å². The first kappa shape index (κ1) is 17.0. The van der Waals surface area contributed by atoms with Gasteiger partial charge in [0.15, 0.2) is 12.1 Å². The molecule has 1 fully saturated rings. The predicted molar refractivity (Wildman–Crippen MR) is 93.2 cm³/mol. The number of benzene rings is 1. The highest BCUT2D eigenvalue weighted by Gasteiger charge is 2.25. The number of hydrogen-bond donors (Lipinski definition) is 1. The number of likely N-dealkylation sites (tertiary alicyclic amines) is 1. The Balaban J connectivity index is 1.72. The second kappa shape index (κ2) is 7.81. The molecule has 0 spiro atoms. The molecule has 1 aromatic heterocycles. The fourth-order valence-electron chi connectivity index (χ4n) is 3.18. The van der Waals surface area contributed by atoms with Crippen molar-refractivity contribution < 1.29 is 9.21 Å². The third-order valence-electron chi connectivity index (χ3n) is 4.47. The molecular formula is C18H22ClN3O2. The Morgan fingerprint density at radius 1 is 1.33 bits per heavy atom. The van der Waals surface area contributed by atoms with Gasteiger partial charge in [-0.1, -0.05) is 30.7 Å². The predicted octanol–water partition coefficient (Wildman–Crippen LogP) is 3.46. The highest BCUT2D eigenvalue weighted by molar-refractivity contribution is 6.30. The summed E-state index contributed by atoms with van der Waals surface area (Å²) >= 11 is 6.00. The molecule has 1 saturated heterocycles. The van der Waals surface area contributed by atoms with Gasteiger partial charge in [-0.15, -0.1) is 0 Å². The number of oxazole rings is 1. The molecule has 0 aliphatic carbocycles. The van der Waals surface area contributed by atoms with Crippen LogP contribution in [0.25, 0.3) is 0 Å². The van der Waals surface area contributed by atoms with Gasteiger partial charge in [-0.05, 0) is 43.6 Å². The first-order chi connectivity index (χ1) is 11.7. The van der Waals surface area contributed by atoms with Crippen molar-refractivity contribution in [3.63, 3.8) is 0 Å². The lowest BCUT2D eigenvalue weighted by atomic mass is 10.1. The Bertz CT molecular complexity index is 678. The van der Waals surface area contributed by atoms with Gasteiger partial charge in [0.05, 0.1) is 6.04 Å². The summed E-state index contributed by atoms with van der Waals surface area (Å²) in [6.45, 7) is 4.58. The van der Waals surface area contributed by atoms with Crippen LogP contribution in [0.15, 0.2) is 35.1 Å². The zero-order valence-electron chi connectivity index (χ0n) is 13.8. The molecule has 0 radical (unpaired) electrons. The molecule has 1 aliphatic rings. The van der Waals surface area contributed by atoms with Crippen molar-refractivity contribution >= 4 is 17.5 Å². The molecule has 1 N–H and O–H groups in total. The van der Waals surface area contributed by atoms with Gasteiger partial charge < -0.3 is 9.73 Å². The molecule has 0 unspecified atom stereocenters. The summed E-state index contributed by atoms with van der Waals surface area (Å²) in [6.07, 6.45) is 4.36. The van der Waals surface area contributed by atoms with Crippen molar-refractivity contribution in [2.75, 3.05) is 19.6 Å². The number of hydrogen-bond acceptors (Lipinski definition) is 4. The van der Waals surface area contributed by atoms with Crippen LogP contribution in [0.2, 0.25) is 5.02 Å². The molecule has 128 valence electrons. The van der Waals surface area contributed by atoms with Crippen LogP contribution in [-0.2, 0) is 6.42 Å². The molecule has 1 aliphatic heterocycles. The van der Waals surface area contributed by atoms with Gasteiger partial charge in [-0.25, -0.2) is 4.98 Å². The number of nitrogens with one attached hydrogen (secondary N) is 1. The van der Waals surface area contributed by atoms with Gasteiger partial charge in [-0.3, -0.25) is 9.69 Å². The number of amides is 1. The molecule has 2 heterocycles. The van der Waals surface area contributed by atoms with Crippen molar-refractivity contribution in [1.82, 2.24) is 15.2 Å². The van der Waals surface area contributed by atoms with E-state index in [1.165, 1.54) is 19.2 Å². The van der Waals surface area contributed by atoms with Crippen molar-refractivity contribution in [1.29, 1.82) is 0 Å². The summed E-state index contributed by atoms with van der Waals surface area (Å²) in [5.41, 5.74) is 1.55. The smallest absolute Gasteiger partial charge is 0.273 e. The van der Waals surface area contributed by atoms with Crippen LogP contribution in [0.5, 0.6) is 0 Å². The Hall–Kier alpha value is -1.85. The van der Waals surface area contributed by atoms with E-state index in [0.29, 0.717) is 24.4 Å². The average molecular weight is 348 g/mol. The van der Waals surface area contributed by atoms with Crippen molar-refractivity contribution in [2.45, 2.75) is 32.2 Å². The van der Waals surface area contributed by atoms with E-state index in [1.807, 2.05) is 31.2 Å². The van der Waals surface area contributed by atoms with Gasteiger partial charge in [0.1, 0.15) is 5.76 Å². The largest absolute Gasteiger partial charge is 0.448 e. The van der Waals surface area contributed by atoms with Crippen LogP contribution in [0.1, 0.15) is 47.6 Å². The van der Waals surface area contributed by atoms with Crippen LogP contribution in [0.4, 0.5) is 0 Å². The third kappa shape index (κ3) is 3.79. The second-order valence-corrected chi connectivity index (χ2v) is 6.43. The van der Waals surface area contributed by atoms with Gasteiger partial charge in [0, 0.05) is 18.0 Å². The summed E-state index contributed by atoms with van der Waals surface area (Å²) < 4.78 is 5.24. The van der Waals surface area contributed by atoms with Gasteiger partial charge in [0.25, 0.3) is 5.91 Å². The van der Waals surface area contributed by atoms with Crippen LogP contribution in [0.3, 0.4) is 0 Å². The Labute approximate surface area is 147 Å². The molecule has 5 nitrogen and oxygen atoms in total. The lowest BCUT2D eigenvalue weighted by molar-refractivity contribution is 0.0931. The normalized spacial score (nSPS) is 16.2. The van der Waals surface area contributed by atoms with Gasteiger partial charge in [0.2, 0.25) is 0 Å². The summed E-state index contributed by atoms with van der Waals surface area (Å²) in [5, 5.41) is 3.73. The molecule has 1 atom stereocenters. The van der Waals surface area contributed by atoms with E-state index in [-0.39, 0.29) is 11.9 Å². The molecule has 3 rings (SSSR count). The SMILES string of the molecule is CCc1ocnc1C(=O)NC[C@@H](c1ccc(Cl)cc1)N1CCCC1. The second-order valence-electron chi connectivity index (χ2n) is 6.00. The van der Waals surface area contributed by atoms with Crippen LogP contribution >= 0.6 is 11.6 Å². The maximum Gasteiger partial charge on any atom is 0.273 e. The van der Waals surface area contributed by atoms with E-state index in [4.69, 9.17) is 16.0 Å². The fraction of sp³-hybridized carbons (Fsp3) is 0.444. The van der Waals surface area contributed by atoms with Crippen LogP contribution < -0.4 is 5.32 Å². The first-order valence-corrected chi connectivity index (χ1v) is 8.77. The molecular weight excluding hydrogens is 326 g/mol. The van der Waals surface area contributed by atoms with Crippen molar-refractivity contribution in [3.05, 3.63) is 52.7 Å². The maximum atomic E-state index is 12.4. The average Bonchev–Trinajstić information content (AvgIpc) is 3.27. The monoisotopic (exact) mass is 347 g/mol. The van der Waals surface area contributed by atoms with E-state index in [1.54, 1.807) is 0 Å². The number of carbonyl (C=O) groups is 1.